The van der Waals surface area contributed by atoms with E-state index < -0.39 is 9.84 Å². The third-order valence-electron chi connectivity index (χ3n) is 3.69. The highest BCUT2D eigenvalue weighted by Gasteiger charge is 2.31. The lowest BCUT2D eigenvalue weighted by Crippen LogP contribution is -2.30. The summed E-state index contributed by atoms with van der Waals surface area (Å²) >= 11 is 0. The van der Waals surface area contributed by atoms with E-state index in [0.29, 0.717) is 16.9 Å². The summed E-state index contributed by atoms with van der Waals surface area (Å²) in [5, 5.41) is 3.31. The van der Waals surface area contributed by atoms with Crippen LogP contribution in [0.25, 0.3) is 0 Å². The van der Waals surface area contributed by atoms with Gasteiger partial charge in [-0.05, 0) is 43.9 Å². The topological polar surface area (TPSA) is 46.2 Å². The van der Waals surface area contributed by atoms with E-state index in [4.69, 9.17) is 0 Å². The number of nitrogens with one attached hydrogen (secondary N) is 1. The summed E-state index contributed by atoms with van der Waals surface area (Å²) in [5.41, 5.74) is 0.950. The Morgan fingerprint density at radius 2 is 2.00 bits per heavy atom. The van der Waals surface area contributed by atoms with Gasteiger partial charge in [-0.25, -0.2) is 8.42 Å². The first kappa shape index (κ1) is 13.6. The molecule has 1 aromatic carbocycles. The number of sulfone groups is 1. The first-order valence-electron chi connectivity index (χ1n) is 6.56. The Labute approximate surface area is 110 Å². The Kier molecular flexibility index (Phi) is 4.07. The summed E-state index contributed by atoms with van der Waals surface area (Å²) in [6.45, 7) is 1.70. The molecule has 1 atom stereocenters. The number of rotatable bonds is 6. The standard InChI is InChI=1S/C14H21NO2S/c1-3-18(16,17)14-7-5-4-6-12(14)10-13(15-2)11-8-9-11/h4-7,11,13,15H,3,8-10H2,1-2H3. The molecule has 1 aliphatic carbocycles. The van der Waals surface area contributed by atoms with Crippen LogP contribution in [0.15, 0.2) is 29.2 Å². The minimum absolute atomic E-state index is 0.164. The first-order valence-corrected chi connectivity index (χ1v) is 8.21. The van der Waals surface area contributed by atoms with E-state index in [-0.39, 0.29) is 5.75 Å². The van der Waals surface area contributed by atoms with Crippen LogP contribution in [0.3, 0.4) is 0 Å². The van der Waals surface area contributed by atoms with Gasteiger partial charge in [0.25, 0.3) is 0 Å². The smallest absolute Gasteiger partial charge is 0.178 e. The van der Waals surface area contributed by atoms with Gasteiger partial charge in [-0.3, -0.25) is 0 Å². The van der Waals surface area contributed by atoms with Crippen LogP contribution in [0.1, 0.15) is 25.3 Å². The van der Waals surface area contributed by atoms with Crippen molar-refractivity contribution in [2.75, 3.05) is 12.8 Å². The molecular formula is C14H21NO2S. The molecule has 1 aliphatic rings. The fourth-order valence-electron chi connectivity index (χ4n) is 2.37. The van der Waals surface area contributed by atoms with Crippen LogP contribution >= 0.6 is 0 Å². The minimum Gasteiger partial charge on any atom is -0.316 e. The van der Waals surface area contributed by atoms with E-state index in [1.165, 1.54) is 12.8 Å². The molecule has 1 saturated carbocycles. The summed E-state index contributed by atoms with van der Waals surface area (Å²) in [5.74, 6) is 0.880. The largest absolute Gasteiger partial charge is 0.316 e. The van der Waals surface area contributed by atoms with E-state index in [9.17, 15) is 8.42 Å². The van der Waals surface area contributed by atoms with Gasteiger partial charge < -0.3 is 5.32 Å². The van der Waals surface area contributed by atoms with Crippen molar-refractivity contribution in [1.82, 2.24) is 5.32 Å². The van der Waals surface area contributed by atoms with Crippen molar-refractivity contribution < 1.29 is 8.42 Å². The van der Waals surface area contributed by atoms with E-state index >= 15 is 0 Å². The second kappa shape index (κ2) is 5.41. The van der Waals surface area contributed by atoms with Crippen molar-refractivity contribution in [3.05, 3.63) is 29.8 Å². The van der Waals surface area contributed by atoms with Gasteiger partial charge in [-0.15, -0.1) is 0 Å². The van der Waals surface area contributed by atoms with Gasteiger partial charge in [0.2, 0.25) is 0 Å². The lowest BCUT2D eigenvalue weighted by atomic mass is 10.0. The average molecular weight is 267 g/mol. The maximum Gasteiger partial charge on any atom is 0.178 e. The lowest BCUT2D eigenvalue weighted by Gasteiger charge is -2.17. The van der Waals surface area contributed by atoms with Crippen molar-refractivity contribution in [3.8, 4) is 0 Å². The van der Waals surface area contributed by atoms with E-state index in [2.05, 4.69) is 5.32 Å². The molecule has 0 aromatic heterocycles. The summed E-state index contributed by atoms with van der Waals surface area (Å²) in [6.07, 6.45) is 3.32. The van der Waals surface area contributed by atoms with E-state index in [1.807, 2.05) is 19.2 Å². The minimum atomic E-state index is -3.12. The second-order valence-corrected chi connectivity index (χ2v) is 7.19. The predicted molar refractivity (Wildman–Crippen MR) is 73.4 cm³/mol. The maximum atomic E-state index is 12.1. The van der Waals surface area contributed by atoms with Crippen LogP contribution in [0.2, 0.25) is 0 Å². The molecule has 0 amide bonds. The van der Waals surface area contributed by atoms with Crippen molar-refractivity contribution in [1.29, 1.82) is 0 Å². The molecule has 2 rings (SSSR count). The zero-order valence-electron chi connectivity index (χ0n) is 11.0. The molecular weight excluding hydrogens is 246 g/mol. The monoisotopic (exact) mass is 267 g/mol. The molecule has 1 fully saturated rings. The molecule has 1 unspecified atom stereocenters. The van der Waals surface area contributed by atoms with Crippen LogP contribution in [0.5, 0.6) is 0 Å². The van der Waals surface area contributed by atoms with Crippen LogP contribution in [0, 0.1) is 5.92 Å². The Bertz CT molecular complexity index is 506. The average Bonchev–Trinajstić information content (AvgIpc) is 3.20. The third-order valence-corrected chi connectivity index (χ3v) is 5.52. The van der Waals surface area contributed by atoms with Crippen LogP contribution in [0.4, 0.5) is 0 Å². The number of likely N-dealkylation sites (N-methyl/N-ethyl adjacent to an activating group) is 1. The van der Waals surface area contributed by atoms with Crippen LogP contribution < -0.4 is 5.32 Å². The van der Waals surface area contributed by atoms with Gasteiger partial charge >= 0.3 is 0 Å². The molecule has 0 saturated heterocycles. The molecule has 3 nitrogen and oxygen atoms in total. The van der Waals surface area contributed by atoms with Gasteiger partial charge in [0, 0.05) is 6.04 Å². The number of benzene rings is 1. The highest BCUT2D eigenvalue weighted by Crippen LogP contribution is 2.34. The third kappa shape index (κ3) is 2.93. The lowest BCUT2D eigenvalue weighted by molar-refractivity contribution is 0.496. The molecule has 18 heavy (non-hydrogen) atoms. The van der Waals surface area contributed by atoms with E-state index in [1.54, 1.807) is 19.1 Å². The fourth-order valence-corrected chi connectivity index (χ4v) is 3.52. The molecule has 1 aromatic rings. The summed E-state index contributed by atoms with van der Waals surface area (Å²) in [7, 11) is -1.16. The molecule has 0 radical (unpaired) electrons. The van der Waals surface area contributed by atoms with Gasteiger partial charge in [-0.1, -0.05) is 25.1 Å². The zero-order valence-corrected chi connectivity index (χ0v) is 11.8. The normalized spacial score (nSPS) is 17.7. The molecule has 1 N–H and O–H groups in total. The predicted octanol–water partition coefficient (Wildman–Crippen LogP) is 2.02. The van der Waals surface area contributed by atoms with Gasteiger partial charge in [0.15, 0.2) is 9.84 Å². The summed E-state index contributed by atoms with van der Waals surface area (Å²) in [6, 6.07) is 7.79. The molecule has 4 heteroatoms. The molecule has 100 valence electrons. The van der Waals surface area contributed by atoms with Crippen molar-refractivity contribution >= 4 is 9.84 Å². The fraction of sp³-hybridized carbons (Fsp3) is 0.571. The Balaban J connectivity index is 2.27. The highest BCUT2D eigenvalue weighted by atomic mass is 32.2. The quantitative estimate of drug-likeness (QED) is 0.857. The zero-order chi connectivity index (χ0) is 13.2. The van der Waals surface area contributed by atoms with Crippen LogP contribution in [-0.2, 0) is 16.3 Å². The summed E-state index contributed by atoms with van der Waals surface area (Å²) < 4.78 is 24.1. The summed E-state index contributed by atoms with van der Waals surface area (Å²) in [4.78, 5) is 0.508. The van der Waals surface area contributed by atoms with Crippen molar-refractivity contribution in [2.45, 2.75) is 37.1 Å². The number of hydrogen-bond acceptors (Lipinski definition) is 3. The van der Waals surface area contributed by atoms with Crippen molar-refractivity contribution in [3.63, 3.8) is 0 Å². The Morgan fingerprint density at radius 1 is 1.33 bits per heavy atom. The molecule has 0 bridgehead atoms. The van der Waals surface area contributed by atoms with Crippen LogP contribution in [-0.4, -0.2) is 27.3 Å². The van der Waals surface area contributed by atoms with Gasteiger partial charge in [-0.2, -0.15) is 0 Å². The number of hydrogen-bond donors (Lipinski definition) is 1. The Hall–Kier alpha value is -0.870. The van der Waals surface area contributed by atoms with Crippen molar-refractivity contribution in [2.24, 2.45) is 5.92 Å². The second-order valence-electron chi connectivity index (χ2n) is 4.95. The first-order chi connectivity index (χ1) is 8.58. The SMILES string of the molecule is CCS(=O)(=O)c1ccccc1CC(NC)C1CC1. The molecule has 0 spiro atoms. The van der Waals surface area contributed by atoms with E-state index in [0.717, 1.165) is 12.0 Å². The highest BCUT2D eigenvalue weighted by molar-refractivity contribution is 7.91. The maximum absolute atomic E-state index is 12.1. The Morgan fingerprint density at radius 3 is 2.56 bits per heavy atom. The van der Waals surface area contributed by atoms with Gasteiger partial charge in [0.05, 0.1) is 10.6 Å². The molecule has 0 aliphatic heterocycles. The van der Waals surface area contributed by atoms with Gasteiger partial charge in [0.1, 0.15) is 0 Å². The molecule has 0 heterocycles.